The zero-order chi connectivity index (χ0) is 19.9. The third-order valence-corrected chi connectivity index (χ3v) is 4.68. The highest BCUT2D eigenvalue weighted by molar-refractivity contribution is 5.69. The monoisotopic (exact) mass is 382 g/mol. The Morgan fingerprint density at radius 2 is 1.45 bits per heavy atom. The van der Waals surface area contributed by atoms with E-state index in [0.29, 0.717) is 13.0 Å². The lowest BCUT2D eigenvalue weighted by Crippen LogP contribution is -2.00. The number of para-hydroxylation sites is 1. The Morgan fingerprint density at radius 3 is 2.24 bits per heavy atom. The van der Waals surface area contributed by atoms with Crippen LogP contribution in [0.4, 0.5) is 0 Å². The molecule has 0 aliphatic heterocycles. The second-order valence-electron chi connectivity index (χ2n) is 6.65. The van der Waals surface area contributed by atoms with Crippen LogP contribution >= 0.6 is 0 Å². The minimum Gasteiger partial charge on any atom is -0.496 e. The highest BCUT2D eigenvalue weighted by Crippen LogP contribution is 2.30. The van der Waals surface area contributed by atoms with Gasteiger partial charge in [0.2, 0.25) is 0 Å². The van der Waals surface area contributed by atoms with E-state index in [1.807, 2.05) is 54.6 Å². The predicted octanol–water partition coefficient (Wildman–Crippen LogP) is 5.32. The molecule has 1 heterocycles. The van der Waals surface area contributed by atoms with Crippen molar-refractivity contribution in [1.29, 1.82) is 0 Å². The summed E-state index contributed by atoms with van der Waals surface area (Å²) in [7, 11) is 1.67. The highest BCUT2D eigenvalue weighted by Gasteiger charge is 2.13. The fourth-order valence-corrected chi connectivity index (χ4v) is 3.20. The molecule has 0 N–H and O–H groups in total. The molecule has 0 bridgehead atoms. The van der Waals surface area contributed by atoms with Crippen molar-refractivity contribution >= 4 is 0 Å². The Bertz CT molecular complexity index is 1060. The van der Waals surface area contributed by atoms with Gasteiger partial charge >= 0.3 is 0 Å². The van der Waals surface area contributed by atoms with Crippen LogP contribution in [0.5, 0.6) is 11.5 Å². The molecule has 0 fully saturated rings. The predicted molar refractivity (Wildman–Crippen MR) is 114 cm³/mol. The molecule has 4 aromatic rings. The molecule has 0 amide bonds. The minimum absolute atomic E-state index is 0.558. The van der Waals surface area contributed by atoms with E-state index in [1.54, 1.807) is 19.5 Å². The van der Waals surface area contributed by atoms with Crippen molar-refractivity contribution in [3.63, 3.8) is 0 Å². The third kappa shape index (κ3) is 4.61. The van der Waals surface area contributed by atoms with Gasteiger partial charge in [-0.25, -0.2) is 0 Å². The molecule has 4 rings (SSSR count). The fourth-order valence-electron chi connectivity index (χ4n) is 3.20. The third-order valence-electron chi connectivity index (χ3n) is 4.68. The molecule has 0 radical (unpaired) electrons. The molecule has 144 valence electrons. The second-order valence-corrected chi connectivity index (χ2v) is 6.65. The van der Waals surface area contributed by atoms with E-state index in [-0.39, 0.29) is 0 Å². The van der Waals surface area contributed by atoms with E-state index in [1.165, 1.54) is 0 Å². The number of hydrogen-bond donors (Lipinski definition) is 0. The van der Waals surface area contributed by atoms with Crippen LogP contribution < -0.4 is 9.47 Å². The molecular weight excluding hydrogens is 360 g/mol. The van der Waals surface area contributed by atoms with Gasteiger partial charge in [0.25, 0.3) is 0 Å². The van der Waals surface area contributed by atoms with Crippen molar-refractivity contribution in [2.75, 3.05) is 7.11 Å². The Morgan fingerprint density at radius 1 is 0.724 bits per heavy atom. The molecular formula is C25H22N2O2. The second kappa shape index (κ2) is 9.02. The van der Waals surface area contributed by atoms with Crippen molar-refractivity contribution in [1.82, 2.24) is 9.97 Å². The Labute approximate surface area is 170 Å². The smallest absolute Gasteiger partial charge is 0.128 e. The SMILES string of the molecule is COc1ccccc1-c1nccnc1Cc1ccc(OCc2ccccc2)cc1. The summed E-state index contributed by atoms with van der Waals surface area (Å²) in [5.74, 6) is 1.64. The number of methoxy groups -OCH3 is 1. The van der Waals surface area contributed by atoms with Crippen LogP contribution in [0, 0.1) is 0 Å². The van der Waals surface area contributed by atoms with Crippen molar-refractivity contribution < 1.29 is 9.47 Å². The van der Waals surface area contributed by atoms with Gasteiger partial charge in [0.05, 0.1) is 18.5 Å². The molecule has 4 heteroatoms. The van der Waals surface area contributed by atoms with E-state index in [0.717, 1.165) is 39.6 Å². The summed E-state index contributed by atoms with van der Waals surface area (Å²) < 4.78 is 11.4. The number of aromatic nitrogens is 2. The zero-order valence-corrected chi connectivity index (χ0v) is 16.3. The molecule has 0 saturated carbocycles. The first-order valence-electron chi connectivity index (χ1n) is 9.52. The fraction of sp³-hybridized carbons (Fsp3) is 0.120. The standard InChI is InChI=1S/C25H22N2O2/c1-28-24-10-6-5-9-22(24)25-23(26-15-16-27-25)17-19-11-13-21(14-12-19)29-18-20-7-3-2-4-8-20/h2-16H,17-18H2,1H3. The average molecular weight is 382 g/mol. The maximum absolute atomic E-state index is 5.88. The molecule has 29 heavy (non-hydrogen) atoms. The lowest BCUT2D eigenvalue weighted by Gasteiger charge is -2.12. The lowest BCUT2D eigenvalue weighted by molar-refractivity contribution is 0.306. The number of ether oxygens (including phenoxy) is 2. The first kappa shape index (κ1) is 18.7. The maximum Gasteiger partial charge on any atom is 0.128 e. The molecule has 0 aliphatic carbocycles. The molecule has 0 aliphatic rings. The van der Waals surface area contributed by atoms with Crippen LogP contribution in [0.2, 0.25) is 0 Å². The molecule has 3 aromatic carbocycles. The van der Waals surface area contributed by atoms with E-state index < -0.39 is 0 Å². The van der Waals surface area contributed by atoms with Crippen molar-refractivity contribution in [2.24, 2.45) is 0 Å². The van der Waals surface area contributed by atoms with E-state index in [4.69, 9.17) is 9.47 Å². The molecule has 0 atom stereocenters. The summed E-state index contributed by atoms with van der Waals surface area (Å²) in [6.45, 7) is 0.558. The maximum atomic E-state index is 5.88. The summed E-state index contributed by atoms with van der Waals surface area (Å²) >= 11 is 0. The van der Waals surface area contributed by atoms with E-state index in [9.17, 15) is 0 Å². The molecule has 0 unspecified atom stereocenters. The van der Waals surface area contributed by atoms with Gasteiger partial charge in [0.1, 0.15) is 18.1 Å². The largest absolute Gasteiger partial charge is 0.496 e. The van der Waals surface area contributed by atoms with Crippen LogP contribution in [0.25, 0.3) is 11.3 Å². The number of benzene rings is 3. The molecule has 0 spiro atoms. The van der Waals surface area contributed by atoms with Crippen molar-refractivity contribution in [3.05, 3.63) is 108 Å². The van der Waals surface area contributed by atoms with E-state index in [2.05, 4.69) is 34.2 Å². The summed E-state index contributed by atoms with van der Waals surface area (Å²) in [5.41, 5.74) is 5.00. The van der Waals surface area contributed by atoms with Gasteiger partial charge in [-0.05, 0) is 35.4 Å². The molecule has 4 nitrogen and oxygen atoms in total. The summed E-state index contributed by atoms with van der Waals surface area (Å²) in [6, 6.07) is 26.2. The van der Waals surface area contributed by atoms with Gasteiger partial charge in [-0.3, -0.25) is 9.97 Å². The first-order chi connectivity index (χ1) is 14.3. The van der Waals surface area contributed by atoms with Gasteiger partial charge in [0, 0.05) is 24.4 Å². The summed E-state index contributed by atoms with van der Waals surface area (Å²) in [6.07, 6.45) is 4.12. The summed E-state index contributed by atoms with van der Waals surface area (Å²) in [5, 5.41) is 0. The van der Waals surface area contributed by atoms with Gasteiger partial charge in [-0.1, -0.05) is 54.6 Å². The van der Waals surface area contributed by atoms with Crippen molar-refractivity contribution in [2.45, 2.75) is 13.0 Å². The van der Waals surface area contributed by atoms with Crippen LogP contribution in [0.1, 0.15) is 16.8 Å². The number of nitrogens with zero attached hydrogens (tertiary/aromatic N) is 2. The normalized spacial score (nSPS) is 10.5. The Hall–Kier alpha value is -3.66. The average Bonchev–Trinajstić information content (AvgIpc) is 2.80. The number of rotatable bonds is 7. The van der Waals surface area contributed by atoms with Crippen LogP contribution in [-0.2, 0) is 13.0 Å². The minimum atomic E-state index is 0.558. The summed E-state index contributed by atoms with van der Waals surface area (Å²) in [4.78, 5) is 9.14. The molecule has 0 saturated heterocycles. The van der Waals surface area contributed by atoms with Gasteiger partial charge < -0.3 is 9.47 Å². The lowest BCUT2D eigenvalue weighted by atomic mass is 10.0. The highest BCUT2D eigenvalue weighted by atomic mass is 16.5. The quantitative estimate of drug-likeness (QED) is 0.434. The Balaban J connectivity index is 1.50. The number of hydrogen-bond acceptors (Lipinski definition) is 4. The topological polar surface area (TPSA) is 44.2 Å². The van der Waals surface area contributed by atoms with Crippen LogP contribution in [0.3, 0.4) is 0 Å². The van der Waals surface area contributed by atoms with E-state index >= 15 is 0 Å². The van der Waals surface area contributed by atoms with Gasteiger partial charge in [-0.2, -0.15) is 0 Å². The molecule has 1 aromatic heterocycles. The zero-order valence-electron chi connectivity index (χ0n) is 16.3. The first-order valence-corrected chi connectivity index (χ1v) is 9.52. The van der Waals surface area contributed by atoms with Crippen molar-refractivity contribution in [3.8, 4) is 22.8 Å². The van der Waals surface area contributed by atoms with Crippen LogP contribution in [-0.4, -0.2) is 17.1 Å². The Kier molecular flexibility index (Phi) is 5.81. The van der Waals surface area contributed by atoms with Gasteiger partial charge in [0.15, 0.2) is 0 Å². The van der Waals surface area contributed by atoms with Crippen LogP contribution in [0.15, 0.2) is 91.3 Å². The van der Waals surface area contributed by atoms with Gasteiger partial charge in [-0.15, -0.1) is 0 Å².